The van der Waals surface area contributed by atoms with Gasteiger partial charge in [-0.2, -0.15) is 0 Å². The third-order valence-electron chi connectivity index (χ3n) is 5.87. The minimum atomic E-state index is -0.935. The lowest BCUT2D eigenvalue weighted by Gasteiger charge is -2.32. The Morgan fingerprint density at radius 2 is 1.05 bits per heavy atom. The number of benzene rings is 2. The van der Waals surface area contributed by atoms with Crippen LogP contribution in [0.2, 0.25) is 0 Å². The highest BCUT2D eigenvalue weighted by molar-refractivity contribution is 5.42. The molecule has 2 aromatic carbocycles. The van der Waals surface area contributed by atoms with Gasteiger partial charge in [0.05, 0.1) is 0 Å². The van der Waals surface area contributed by atoms with Crippen molar-refractivity contribution in [2.75, 3.05) is 0 Å². The van der Waals surface area contributed by atoms with Crippen molar-refractivity contribution in [1.82, 2.24) is 0 Å². The fourth-order valence-electron chi connectivity index (χ4n) is 4.13. The van der Waals surface area contributed by atoms with Gasteiger partial charge in [0.2, 0.25) is 0 Å². The average molecular weight is 280 g/mol. The maximum Gasteiger partial charge on any atom is 0.118 e. The van der Waals surface area contributed by atoms with Gasteiger partial charge >= 0.3 is 0 Å². The van der Waals surface area contributed by atoms with Crippen LogP contribution in [0.5, 0.6) is 0 Å². The van der Waals surface area contributed by atoms with Crippen LogP contribution in [0.1, 0.15) is 38.8 Å². The second-order valence-electron chi connectivity index (χ2n) is 7.37. The summed E-state index contributed by atoms with van der Waals surface area (Å²) in [5.41, 5.74) is 1.25. The Hall–Kier alpha value is -1.60. The van der Waals surface area contributed by atoms with Gasteiger partial charge in [-0.15, -0.1) is 0 Å². The highest BCUT2D eigenvalue weighted by atomic mass is 16.3. The molecule has 1 nitrogen and oxygen atoms in total. The first-order valence-corrected chi connectivity index (χ1v) is 7.66. The van der Waals surface area contributed by atoms with E-state index in [1.807, 2.05) is 60.7 Å². The molecule has 0 spiro atoms. The van der Waals surface area contributed by atoms with Crippen LogP contribution in [-0.2, 0) is 5.60 Å². The molecule has 0 atom stereocenters. The molecule has 0 saturated heterocycles. The van der Waals surface area contributed by atoms with Crippen molar-refractivity contribution in [2.45, 2.75) is 33.3 Å². The Balaban J connectivity index is 2.19. The smallest absolute Gasteiger partial charge is 0.118 e. The molecule has 21 heavy (non-hydrogen) atoms. The quantitative estimate of drug-likeness (QED) is 0.871. The van der Waals surface area contributed by atoms with E-state index in [4.69, 9.17) is 0 Å². The van der Waals surface area contributed by atoms with Crippen molar-refractivity contribution in [3.05, 3.63) is 71.8 Å². The Kier molecular flexibility index (Phi) is 3.04. The highest BCUT2D eigenvalue weighted by Gasteiger charge is 2.72. The molecule has 1 heteroatoms. The van der Waals surface area contributed by atoms with E-state index in [9.17, 15) is 5.11 Å². The molecule has 1 fully saturated rings. The monoisotopic (exact) mass is 280 g/mol. The van der Waals surface area contributed by atoms with Gasteiger partial charge in [-0.05, 0) is 22.0 Å². The van der Waals surface area contributed by atoms with Crippen molar-refractivity contribution in [3.63, 3.8) is 0 Å². The van der Waals surface area contributed by atoms with Crippen LogP contribution >= 0.6 is 0 Å². The minimum absolute atomic E-state index is 0.105. The summed E-state index contributed by atoms with van der Waals surface area (Å²) in [7, 11) is 0. The summed E-state index contributed by atoms with van der Waals surface area (Å²) in [5, 5.41) is 11.8. The van der Waals surface area contributed by atoms with Gasteiger partial charge in [0, 0.05) is 5.92 Å². The normalized spacial score (nSPS) is 20.2. The molecule has 0 heterocycles. The van der Waals surface area contributed by atoms with E-state index in [2.05, 4.69) is 27.7 Å². The third kappa shape index (κ3) is 1.87. The fraction of sp³-hybridized carbons (Fsp3) is 0.400. The number of hydrogen-bond donors (Lipinski definition) is 1. The Morgan fingerprint density at radius 1 is 0.714 bits per heavy atom. The number of hydrogen-bond acceptors (Lipinski definition) is 1. The first-order valence-electron chi connectivity index (χ1n) is 7.66. The van der Waals surface area contributed by atoms with Crippen LogP contribution in [-0.4, -0.2) is 5.11 Å². The van der Waals surface area contributed by atoms with Crippen LogP contribution in [0, 0.1) is 16.7 Å². The van der Waals surface area contributed by atoms with Crippen LogP contribution in [0.3, 0.4) is 0 Å². The summed E-state index contributed by atoms with van der Waals surface area (Å²) >= 11 is 0. The molecule has 0 aromatic heterocycles. The first-order chi connectivity index (χ1) is 9.83. The van der Waals surface area contributed by atoms with Crippen molar-refractivity contribution >= 4 is 0 Å². The molecular formula is C20H24O. The van der Waals surface area contributed by atoms with Gasteiger partial charge in [0.15, 0.2) is 0 Å². The van der Waals surface area contributed by atoms with Crippen molar-refractivity contribution < 1.29 is 5.11 Å². The van der Waals surface area contributed by atoms with E-state index in [0.29, 0.717) is 0 Å². The SMILES string of the molecule is CC1(C)C(C(O)(c2ccccc2)c2ccccc2)C1(C)C. The second-order valence-corrected chi connectivity index (χ2v) is 7.37. The summed E-state index contributed by atoms with van der Waals surface area (Å²) < 4.78 is 0. The van der Waals surface area contributed by atoms with Crippen LogP contribution < -0.4 is 0 Å². The molecule has 0 amide bonds. The molecule has 110 valence electrons. The van der Waals surface area contributed by atoms with Gasteiger partial charge in [-0.3, -0.25) is 0 Å². The Morgan fingerprint density at radius 3 is 1.33 bits per heavy atom. The van der Waals surface area contributed by atoms with E-state index < -0.39 is 5.60 Å². The van der Waals surface area contributed by atoms with E-state index >= 15 is 0 Å². The van der Waals surface area contributed by atoms with Gasteiger partial charge < -0.3 is 5.11 Å². The lowest BCUT2D eigenvalue weighted by Crippen LogP contribution is -2.33. The first kappa shape index (κ1) is 14.3. The minimum Gasteiger partial charge on any atom is -0.380 e. The Bertz CT molecular complexity index is 572. The molecule has 1 N–H and O–H groups in total. The molecule has 0 radical (unpaired) electrons. The van der Waals surface area contributed by atoms with Gasteiger partial charge in [0.25, 0.3) is 0 Å². The third-order valence-corrected chi connectivity index (χ3v) is 5.87. The van der Waals surface area contributed by atoms with Gasteiger partial charge in [0.1, 0.15) is 5.60 Å². The molecule has 0 unspecified atom stereocenters. The van der Waals surface area contributed by atoms with Crippen molar-refractivity contribution in [2.24, 2.45) is 16.7 Å². The molecule has 3 rings (SSSR count). The maximum absolute atomic E-state index is 11.8. The zero-order chi connectivity index (χ0) is 15.3. The predicted molar refractivity (Wildman–Crippen MR) is 86.9 cm³/mol. The van der Waals surface area contributed by atoms with E-state index in [-0.39, 0.29) is 16.7 Å². The molecule has 1 aliphatic carbocycles. The second kappa shape index (κ2) is 4.45. The van der Waals surface area contributed by atoms with Crippen LogP contribution in [0.25, 0.3) is 0 Å². The fourth-order valence-corrected chi connectivity index (χ4v) is 4.13. The maximum atomic E-state index is 11.8. The van der Waals surface area contributed by atoms with E-state index in [1.54, 1.807) is 0 Å². The molecule has 0 aliphatic heterocycles. The largest absolute Gasteiger partial charge is 0.380 e. The van der Waals surface area contributed by atoms with Crippen LogP contribution in [0.4, 0.5) is 0 Å². The topological polar surface area (TPSA) is 20.2 Å². The molecule has 0 bridgehead atoms. The molecule has 1 aliphatic rings. The zero-order valence-electron chi connectivity index (χ0n) is 13.3. The van der Waals surface area contributed by atoms with Crippen molar-refractivity contribution in [3.8, 4) is 0 Å². The standard InChI is InChI=1S/C20H24O/c1-18(2)17(19(18,3)4)20(21,15-11-7-5-8-12-15)16-13-9-6-10-14-16/h5-14,17,21H,1-4H3. The summed E-state index contributed by atoms with van der Waals surface area (Å²) in [4.78, 5) is 0. The average Bonchev–Trinajstić information content (AvgIpc) is 2.90. The molecular weight excluding hydrogens is 256 g/mol. The lowest BCUT2D eigenvalue weighted by molar-refractivity contribution is 0.0363. The number of rotatable bonds is 3. The van der Waals surface area contributed by atoms with E-state index in [1.165, 1.54) is 0 Å². The molecule has 1 saturated carbocycles. The Labute approximate surface area is 127 Å². The predicted octanol–water partition coefficient (Wildman–Crippen LogP) is 4.60. The van der Waals surface area contributed by atoms with Gasteiger partial charge in [-0.25, -0.2) is 0 Å². The van der Waals surface area contributed by atoms with Gasteiger partial charge in [-0.1, -0.05) is 88.4 Å². The summed E-state index contributed by atoms with van der Waals surface area (Å²) in [6, 6.07) is 20.2. The lowest BCUT2D eigenvalue weighted by atomic mass is 9.78. The van der Waals surface area contributed by atoms with E-state index in [0.717, 1.165) is 11.1 Å². The molecule has 2 aromatic rings. The summed E-state index contributed by atoms with van der Waals surface area (Å²) in [6.07, 6.45) is 0. The van der Waals surface area contributed by atoms with Crippen LogP contribution in [0.15, 0.2) is 60.7 Å². The highest BCUT2D eigenvalue weighted by Crippen LogP contribution is 2.74. The van der Waals surface area contributed by atoms with Crippen molar-refractivity contribution in [1.29, 1.82) is 0 Å². The summed E-state index contributed by atoms with van der Waals surface area (Å²) in [6.45, 7) is 9.03. The zero-order valence-corrected chi connectivity index (χ0v) is 13.3. The summed E-state index contributed by atoms with van der Waals surface area (Å²) in [5.74, 6) is 0.197. The number of aliphatic hydroxyl groups is 1.